The Hall–Kier alpha value is -2.71. The molecule has 0 spiro atoms. The minimum atomic E-state index is -1.49. The summed E-state index contributed by atoms with van der Waals surface area (Å²) in [6, 6.07) is 0.938. The molecule has 1 heterocycles. The van der Waals surface area contributed by atoms with Gasteiger partial charge in [0.2, 0.25) is 5.91 Å². The van der Waals surface area contributed by atoms with Gasteiger partial charge in [0.05, 0.1) is 11.1 Å². The number of nitro groups is 1. The molecule has 0 aliphatic carbocycles. The molecule has 0 aliphatic rings. The van der Waals surface area contributed by atoms with Gasteiger partial charge in [-0.3, -0.25) is 24.3 Å². The predicted molar refractivity (Wildman–Crippen MR) is 85.7 cm³/mol. The number of aromatic nitrogens is 1. The first-order chi connectivity index (χ1) is 11.0. The molecule has 0 bridgehead atoms. The van der Waals surface area contributed by atoms with Crippen LogP contribution in [0.3, 0.4) is 0 Å². The predicted octanol–water partition coefficient (Wildman–Crippen LogP) is 1.11. The highest BCUT2D eigenvalue weighted by Crippen LogP contribution is 2.18. The van der Waals surface area contributed by atoms with Crippen LogP contribution in [0.15, 0.2) is 23.1 Å². The van der Waals surface area contributed by atoms with Crippen molar-refractivity contribution < 1.29 is 19.6 Å². The van der Waals surface area contributed by atoms with E-state index in [-0.39, 0.29) is 18.0 Å². The van der Waals surface area contributed by atoms with Crippen LogP contribution in [-0.2, 0) is 15.1 Å². The second-order valence-corrected chi connectivity index (χ2v) is 6.41. The van der Waals surface area contributed by atoms with Gasteiger partial charge in [-0.2, -0.15) is 0 Å². The Labute approximate surface area is 138 Å². The van der Waals surface area contributed by atoms with Crippen LogP contribution < -0.4 is 10.9 Å². The van der Waals surface area contributed by atoms with Crippen LogP contribution in [0.25, 0.3) is 0 Å². The van der Waals surface area contributed by atoms with E-state index >= 15 is 0 Å². The second-order valence-electron chi connectivity index (χ2n) is 6.41. The third-order valence-electron chi connectivity index (χ3n) is 3.57. The molecule has 0 fully saturated rings. The number of amides is 1. The molecular weight excluding hydrogens is 318 g/mol. The zero-order chi connectivity index (χ0) is 18.7. The number of hydrogen-bond acceptors (Lipinski definition) is 5. The Morgan fingerprint density at radius 3 is 2.42 bits per heavy atom. The third-order valence-corrected chi connectivity index (χ3v) is 3.57. The summed E-state index contributed by atoms with van der Waals surface area (Å²) < 4.78 is 0.925. The number of rotatable bonds is 7. The summed E-state index contributed by atoms with van der Waals surface area (Å²) in [5.74, 6) is -1.85. The van der Waals surface area contributed by atoms with Crippen molar-refractivity contribution in [2.24, 2.45) is 5.92 Å². The topological polar surface area (TPSA) is 132 Å². The van der Waals surface area contributed by atoms with Crippen LogP contribution in [-0.4, -0.2) is 32.5 Å². The molecule has 1 amide bonds. The average Bonchev–Trinajstić information content (AvgIpc) is 2.45. The van der Waals surface area contributed by atoms with E-state index in [2.05, 4.69) is 5.32 Å². The van der Waals surface area contributed by atoms with Crippen molar-refractivity contribution in [1.82, 2.24) is 9.88 Å². The van der Waals surface area contributed by atoms with E-state index in [9.17, 15) is 29.6 Å². The Kier molecular flexibility index (Phi) is 5.83. The molecular formula is C15H21N3O6. The number of aliphatic carboxylic acids is 1. The molecule has 1 unspecified atom stereocenters. The number of nitrogens with zero attached hydrogens (tertiary/aromatic N) is 2. The van der Waals surface area contributed by atoms with E-state index in [1.807, 2.05) is 13.8 Å². The largest absolute Gasteiger partial charge is 0.480 e. The first-order valence-corrected chi connectivity index (χ1v) is 7.38. The summed E-state index contributed by atoms with van der Waals surface area (Å²) in [5.41, 5.74) is -2.43. The van der Waals surface area contributed by atoms with Gasteiger partial charge in [0.1, 0.15) is 11.6 Å². The van der Waals surface area contributed by atoms with Gasteiger partial charge < -0.3 is 10.4 Å². The Balaban J connectivity index is 3.16. The first kappa shape index (κ1) is 19.3. The van der Waals surface area contributed by atoms with Gasteiger partial charge in [-0.05, 0) is 26.2 Å². The lowest BCUT2D eigenvalue weighted by Gasteiger charge is -2.28. The minimum absolute atomic E-state index is 0.0371. The van der Waals surface area contributed by atoms with Gasteiger partial charge in [-0.15, -0.1) is 0 Å². The summed E-state index contributed by atoms with van der Waals surface area (Å²) in [7, 11) is 0. The van der Waals surface area contributed by atoms with Crippen LogP contribution in [0.1, 0.15) is 34.1 Å². The van der Waals surface area contributed by atoms with Crippen molar-refractivity contribution in [3.63, 3.8) is 0 Å². The van der Waals surface area contributed by atoms with Gasteiger partial charge in [-0.25, -0.2) is 4.79 Å². The minimum Gasteiger partial charge on any atom is -0.480 e. The highest BCUT2D eigenvalue weighted by molar-refractivity contribution is 5.88. The number of carbonyl (C=O) groups excluding carboxylic acids is 1. The smallest absolute Gasteiger partial charge is 0.326 e. The van der Waals surface area contributed by atoms with E-state index in [0.717, 1.165) is 22.9 Å². The molecule has 132 valence electrons. The fourth-order valence-electron chi connectivity index (χ4n) is 2.16. The van der Waals surface area contributed by atoms with Crippen LogP contribution in [0.5, 0.6) is 0 Å². The fraction of sp³-hybridized carbons (Fsp3) is 0.533. The van der Waals surface area contributed by atoms with Crippen LogP contribution in [0.2, 0.25) is 0 Å². The quantitative estimate of drug-likeness (QED) is 0.565. The molecule has 0 radical (unpaired) electrons. The number of carboxylic acids is 1. The van der Waals surface area contributed by atoms with Crippen molar-refractivity contribution in [1.29, 1.82) is 0 Å². The normalized spacial score (nSPS) is 12.7. The van der Waals surface area contributed by atoms with Gasteiger partial charge in [0.15, 0.2) is 0 Å². The molecule has 0 saturated carbocycles. The summed E-state index contributed by atoms with van der Waals surface area (Å²) in [6.45, 7) is 6.42. The van der Waals surface area contributed by atoms with E-state index in [0.29, 0.717) is 0 Å². The van der Waals surface area contributed by atoms with Crippen molar-refractivity contribution in [2.75, 3.05) is 0 Å². The van der Waals surface area contributed by atoms with Crippen LogP contribution in [0.4, 0.5) is 5.69 Å². The van der Waals surface area contributed by atoms with Crippen molar-refractivity contribution in [3.8, 4) is 0 Å². The molecule has 9 heteroatoms. The molecule has 0 saturated heterocycles. The first-order valence-electron chi connectivity index (χ1n) is 7.38. The van der Waals surface area contributed by atoms with Crippen LogP contribution in [0, 0.1) is 16.0 Å². The maximum atomic E-state index is 12.5. The highest BCUT2D eigenvalue weighted by atomic mass is 16.6. The highest BCUT2D eigenvalue weighted by Gasteiger charge is 2.34. The molecule has 1 rings (SSSR count). The lowest BCUT2D eigenvalue weighted by molar-refractivity contribution is -0.385. The van der Waals surface area contributed by atoms with E-state index < -0.39 is 33.9 Å². The van der Waals surface area contributed by atoms with Crippen molar-refractivity contribution in [2.45, 2.75) is 45.7 Å². The molecule has 0 aliphatic heterocycles. The van der Waals surface area contributed by atoms with E-state index in [1.165, 1.54) is 13.8 Å². The lowest BCUT2D eigenvalue weighted by atomic mass is 10.00. The van der Waals surface area contributed by atoms with Crippen molar-refractivity contribution in [3.05, 3.63) is 38.8 Å². The van der Waals surface area contributed by atoms with Gasteiger partial charge in [0.25, 0.3) is 11.2 Å². The van der Waals surface area contributed by atoms with Gasteiger partial charge >= 0.3 is 5.97 Å². The number of pyridine rings is 1. The van der Waals surface area contributed by atoms with Crippen LogP contribution >= 0.6 is 0 Å². The molecule has 2 N–H and O–H groups in total. The number of hydrogen-bond donors (Lipinski definition) is 2. The average molecular weight is 339 g/mol. The summed E-state index contributed by atoms with van der Waals surface area (Å²) in [5, 5.41) is 22.5. The molecule has 24 heavy (non-hydrogen) atoms. The summed E-state index contributed by atoms with van der Waals surface area (Å²) >= 11 is 0. The third kappa shape index (κ3) is 4.40. The van der Waals surface area contributed by atoms with Gasteiger partial charge in [-0.1, -0.05) is 13.8 Å². The number of nitrogens with one attached hydrogen (secondary N) is 1. The maximum Gasteiger partial charge on any atom is 0.326 e. The number of carboxylic acid groups (broad SMARTS) is 1. The van der Waals surface area contributed by atoms with Crippen molar-refractivity contribution >= 4 is 17.6 Å². The standard InChI is InChI=1S/C15H21N3O6/c1-9(2)7-11(13(20)21)16-14(22)15(3,4)17-8-10(18(23)24)5-6-12(17)19/h5-6,8-9,11H,7H2,1-4H3,(H,16,22)(H,20,21). The molecule has 1 aromatic rings. The lowest BCUT2D eigenvalue weighted by Crippen LogP contribution is -2.53. The zero-order valence-electron chi connectivity index (χ0n) is 14.0. The second kappa shape index (κ2) is 7.24. The Bertz CT molecular complexity index is 707. The molecule has 1 atom stereocenters. The molecule has 9 nitrogen and oxygen atoms in total. The maximum absolute atomic E-state index is 12.5. The Morgan fingerprint density at radius 2 is 1.96 bits per heavy atom. The van der Waals surface area contributed by atoms with E-state index in [4.69, 9.17) is 0 Å². The van der Waals surface area contributed by atoms with E-state index in [1.54, 1.807) is 0 Å². The summed E-state index contributed by atoms with van der Waals surface area (Å²) in [4.78, 5) is 45.9. The monoisotopic (exact) mass is 339 g/mol. The fourth-order valence-corrected chi connectivity index (χ4v) is 2.16. The number of carbonyl (C=O) groups is 2. The summed E-state index contributed by atoms with van der Waals surface area (Å²) in [6.07, 6.45) is 1.20. The SMILES string of the molecule is CC(C)CC(NC(=O)C(C)(C)n1cc([N+](=O)[O-])ccc1=O)C(=O)O. The van der Waals surface area contributed by atoms with Gasteiger partial charge in [0, 0.05) is 12.1 Å². The Morgan fingerprint density at radius 1 is 1.38 bits per heavy atom. The molecule has 1 aromatic heterocycles. The zero-order valence-corrected chi connectivity index (χ0v) is 14.0. The molecule has 0 aromatic carbocycles.